The minimum Gasteiger partial charge on any atom is -0.444 e. The zero-order valence-electron chi connectivity index (χ0n) is 19.0. The van der Waals surface area contributed by atoms with E-state index in [0.717, 1.165) is 36.2 Å². The molecule has 1 aromatic heterocycles. The van der Waals surface area contributed by atoms with E-state index in [2.05, 4.69) is 22.9 Å². The number of aromatic nitrogens is 2. The SMILES string of the molecule is CCn1c(C2CCCN2C(=O)CC(C)(C)NC(=O)OC(C)(C)C)nc2ccccc21. The maximum atomic E-state index is 13.2. The second-order valence-corrected chi connectivity index (χ2v) is 9.64. The number of nitrogens with zero attached hydrogens (tertiary/aromatic N) is 3. The number of hydrogen-bond acceptors (Lipinski definition) is 4. The van der Waals surface area contributed by atoms with Crippen molar-refractivity contribution in [2.45, 2.75) is 84.5 Å². The molecule has 1 saturated heterocycles. The van der Waals surface area contributed by atoms with Crippen molar-refractivity contribution in [3.8, 4) is 0 Å². The normalized spacial score (nSPS) is 17.4. The van der Waals surface area contributed by atoms with E-state index >= 15 is 0 Å². The zero-order chi connectivity index (χ0) is 22.1. The third kappa shape index (κ3) is 4.94. The Morgan fingerprint density at radius 2 is 1.90 bits per heavy atom. The first kappa shape index (κ1) is 22.1. The minimum absolute atomic E-state index is 0.0215. The lowest BCUT2D eigenvalue weighted by Gasteiger charge is -2.31. The van der Waals surface area contributed by atoms with Crippen LogP contribution in [-0.2, 0) is 16.1 Å². The molecule has 7 heteroatoms. The first-order chi connectivity index (χ1) is 14.0. The highest BCUT2D eigenvalue weighted by Crippen LogP contribution is 2.34. The van der Waals surface area contributed by atoms with Crippen LogP contribution in [0.5, 0.6) is 0 Å². The molecule has 0 radical (unpaired) electrons. The Labute approximate surface area is 178 Å². The van der Waals surface area contributed by atoms with Crippen LogP contribution < -0.4 is 5.32 Å². The van der Waals surface area contributed by atoms with Crippen molar-refractivity contribution in [3.05, 3.63) is 30.1 Å². The fourth-order valence-electron chi connectivity index (χ4n) is 4.12. The van der Waals surface area contributed by atoms with Crippen LogP contribution in [0, 0.1) is 0 Å². The van der Waals surface area contributed by atoms with Gasteiger partial charge >= 0.3 is 6.09 Å². The molecule has 30 heavy (non-hydrogen) atoms. The number of rotatable bonds is 5. The van der Waals surface area contributed by atoms with Gasteiger partial charge in [0.1, 0.15) is 11.4 Å². The maximum absolute atomic E-state index is 13.2. The number of amides is 2. The Hall–Kier alpha value is -2.57. The van der Waals surface area contributed by atoms with Gasteiger partial charge < -0.3 is 19.5 Å². The van der Waals surface area contributed by atoms with Gasteiger partial charge in [0.25, 0.3) is 0 Å². The van der Waals surface area contributed by atoms with E-state index in [1.807, 2.05) is 57.7 Å². The molecule has 1 atom stereocenters. The molecular formula is C23H34N4O3. The number of ether oxygens (including phenoxy) is 1. The Morgan fingerprint density at radius 1 is 1.20 bits per heavy atom. The van der Waals surface area contributed by atoms with E-state index in [9.17, 15) is 9.59 Å². The Bertz CT molecular complexity index is 926. The number of carbonyl (C=O) groups is 2. The average Bonchev–Trinajstić information content (AvgIpc) is 3.22. The van der Waals surface area contributed by atoms with Gasteiger partial charge in [-0.3, -0.25) is 4.79 Å². The standard InChI is InChI=1S/C23H34N4O3/c1-7-26-17-12-9-8-11-16(17)24-20(26)18-13-10-14-27(18)19(28)15-23(5,6)25-21(29)30-22(2,3)4/h8-9,11-12,18H,7,10,13-15H2,1-6H3,(H,25,29). The van der Waals surface area contributed by atoms with Gasteiger partial charge in [0.05, 0.1) is 17.1 Å². The van der Waals surface area contributed by atoms with Crippen LogP contribution in [0.2, 0.25) is 0 Å². The van der Waals surface area contributed by atoms with Gasteiger partial charge in [0, 0.05) is 25.0 Å². The van der Waals surface area contributed by atoms with Gasteiger partial charge in [-0.15, -0.1) is 0 Å². The summed E-state index contributed by atoms with van der Waals surface area (Å²) in [4.78, 5) is 32.2. The second-order valence-electron chi connectivity index (χ2n) is 9.64. The molecule has 7 nitrogen and oxygen atoms in total. The van der Waals surface area contributed by atoms with Crippen LogP contribution in [-0.4, -0.2) is 44.1 Å². The van der Waals surface area contributed by atoms with Crippen molar-refractivity contribution in [1.82, 2.24) is 19.8 Å². The molecule has 0 aliphatic carbocycles. The number of fused-ring (bicyclic) bond motifs is 1. The second kappa shape index (κ2) is 8.28. The van der Waals surface area contributed by atoms with Crippen LogP contribution in [0.3, 0.4) is 0 Å². The van der Waals surface area contributed by atoms with Crippen molar-refractivity contribution in [2.24, 2.45) is 0 Å². The Morgan fingerprint density at radius 3 is 2.57 bits per heavy atom. The molecular weight excluding hydrogens is 380 g/mol. The number of hydrogen-bond donors (Lipinski definition) is 1. The summed E-state index contributed by atoms with van der Waals surface area (Å²) in [5.74, 6) is 0.968. The van der Waals surface area contributed by atoms with Crippen molar-refractivity contribution in [2.75, 3.05) is 6.54 Å². The number of alkyl carbamates (subject to hydrolysis) is 1. The quantitative estimate of drug-likeness (QED) is 0.786. The molecule has 1 fully saturated rings. The van der Waals surface area contributed by atoms with E-state index in [-0.39, 0.29) is 18.4 Å². The summed E-state index contributed by atoms with van der Waals surface area (Å²) in [6.45, 7) is 12.8. The van der Waals surface area contributed by atoms with Crippen molar-refractivity contribution in [1.29, 1.82) is 0 Å². The number of likely N-dealkylation sites (tertiary alicyclic amines) is 1. The lowest BCUT2D eigenvalue weighted by Crippen LogP contribution is -2.49. The average molecular weight is 415 g/mol. The van der Waals surface area contributed by atoms with Crippen LogP contribution in [0.4, 0.5) is 4.79 Å². The fraction of sp³-hybridized carbons (Fsp3) is 0.609. The Kier molecular flexibility index (Phi) is 6.11. The topological polar surface area (TPSA) is 76.5 Å². The number of para-hydroxylation sites is 2. The molecule has 2 amide bonds. The highest BCUT2D eigenvalue weighted by Gasteiger charge is 2.36. The van der Waals surface area contributed by atoms with Gasteiger partial charge in [-0.05, 0) is 66.5 Å². The summed E-state index contributed by atoms with van der Waals surface area (Å²) in [7, 11) is 0. The molecule has 1 aliphatic heterocycles. The smallest absolute Gasteiger partial charge is 0.408 e. The molecule has 3 rings (SSSR count). The van der Waals surface area contributed by atoms with Crippen molar-refractivity contribution >= 4 is 23.0 Å². The summed E-state index contributed by atoms with van der Waals surface area (Å²) in [5, 5.41) is 2.84. The van der Waals surface area contributed by atoms with Gasteiger partial charge in [-0.2, -0.15) is 0 Å². The predicted molar refractivity (Wildman–Crippen MR) is 117 cm³/mol. The zero-order valence-corrected chi connectivity index (χ0v) is 19.0. The lowest BCUT2D eigenvalue weighted by molar-refractivity contribution is -0.133. The van der Waals surface area contributed by atoms with Gasteiger partial charge in [-0.25, -0.2) is 9.78 Å². The number of nitrogens with one attached hydrogen (secondary N) is 1. The molecule has 0 spiro atoms. The molecule has 1 aliphatic rings. The summed E-state index contributed by atoms with van der Waals surface area (Å²) < 4.78 is 7.55. The lowest BCUT2D eigenvalue weighted by atomic mass is 9.99. The number of aryl methyl sites for hydroxylation is 1. The first-order valence-corrected chi connectivity index (χ1v) is 10.8. The molecule has 0 bridgehead atoms. The molecule has 2 aromatic rings. The minimum atomic E-state index is -0.711. The largest absolute Gasteiger partial charge is 0.444 e. The van der Waals surface area contributed by atoms with Crippen molar-refractivity contribution < 1.29 is 14.3 Å². The van der Waals surface area contributed by atoms with Crippen LogP contribution in [0.15, 0.2) is 24.3 Å². The van der Waals surface area contributed by atoms with Gasteiger partial charge in [-0.1, -0.05) is 12.1 Å². The monoisotopic (exact) mass is 414 g/mol. The highest BCUT2D eigenvalue weighted by molar-refractivity contribution is 5.80. The number of benzene rings is 1. The highest BCUT2D eigenvalue weighted by atomic mass is 16.6. The summed E-state index contributed by atoms with van der Waals surface area (Å²) in [6.07, 6.45) is 1.54. The third-order valence-corrected chi connectivity index (χ3v) is 5.30. The van der Waals surface area contributed by atoms with Crippen LogP contribution in [0.1, 0.15) is 72.7 Å². The van der Waals surface area contributed by atoms with E-state index < -0.39 is 17.2 Å². The van der Waals surface area contributed by atoms with E-state index in [0.29, 0.717) is 6.54 Å². The fourth-order valence-corrected chi connectivity index (χ4v) is 4.12. The predicted octanol–water partition coefficient (Wildman–Crippen LogP) is 4.41. The van der Waals surface area contributed by atoms with E-state index in [1.54, 1.807) is 0 Å². The summed E-state index contributed by atoms with van der Waals surface area (Å²) >= 11 is 0. The molecule has 164 valence electrons. The molecule has 1 aromatic carbocycles. The van der Waals surface area contributed by atoms with Crippen LogP contribution in [0.25, 0.3) is 11.0 Å². The van der Waals surface area contributed by atoms with Gasteiger partial charge in [0.2, 0.25) is 5.91 Å². The van der Waals surface area contributed by atoms with E-state index in [4.69, 9.17) is 9.72 Å². The Balaban J connectivity index is 1.76. The van der Waals surface area contributed by atoms with E-state index in [1.165, 1.54) is 0 Å². The number of imidazole rings is 1. The molecule has 0 saturated carbocycles. The molecule has 1 N–H and O–H groups in total. The van der Waals surface area contributed by atoms with Crippen LogP contribution >= 0.6 is 0 Å². The van der Waals surface area contributed by atoms with Crippen molar-refractivity contribution in [3.63, 3.8) is 0 Å². The summed E-state index contributed by atoms with van der Waals surface area (Å²) in [5.41, 5.74) is 0.766. The third-order valence-electron chi connectivity index (χ3n) is 5.30. The summed E-state index contributed by atoms with van der Waals surface area (Å²) in [6, 6.07) is 8.05. The molecule has 2 heterocycles. The maximum Gasteiger partial charge on any atom is 0.408 e. The first-order valence-electron chi connectivity index (χ1n) is 10.8. The van der Waals surface area contributed by atoms with Gasteiger partial charge in [0.15, 0.2) is 0 Å². The number of carbonyl (C=O) groups excluding carboxylic acids is 2. The molecule has 1 unspecified atom stereocenters.